The molecule has 0 aromatic heterocycles. The van der Waals surface area contributed by atoms with Crippen LogP contribution in [0, 0.1) is 12.8 Å². The van der Waals surface area contributed by atoms with Crippen molar-refractivity contribution in [2.45, 2.75) is 57.0 Å². The molecule has 1 amide bonds. The van der Waals surface area contributed by atoms with Crippen LogP contribution in [-0.4, -0.2) is 49.7 Å². The van der Waals surface area contributed by atoms with Gasteiger partial charge in [-0.15, -0.1) is 0 Å². The number of carbonyl (C=O) groups is 1. The highest BCUT2D eigenvalue weighted by molar-refractivity contribution is 7.89. The lowest BCUT2D eigenvalue weighted by Gasteiger charge is -2.30. The van der Waals surface area contributed by atoms with E-state index in [-0.39, 0.29) is 11.8 Å². The number of likely N-dealkylation sites (tertiary alicyclic amines) is 1. The molecule has 0 atom stereocenters. The van der Waals surface area contributed by atoms with Gasteiger partial charge >= 0.3 is 0 Å². The van der Waals surface area contributed by atoms with Crippen LogP contribution in [0.2, 0.25) is 0 Å². The Hall–Kier alpha value is -2.22. The van der Waals surface area contributed by atoms with Gasteiger partial charge in [-0.05, 0) is 69.0 Å². The van der Waals surface area contributed by atoms with Gasteiger partial charge in [-0.2, -0.15) is 4.31 Å². The van der Waals surface area contributed by atoms with Crippen LogP contribution in [-0.2, 0) is 27.9 Å². The van der Waals surface area contributed by atoms with Crippen molar-refractivity contribution in [2.75, 3.05) is 26.2 Å². The quantitative estimate of drug-likeness (QED) is 0.671. The second-order valence-electron chi connectivity index (χ2n) is 9.36. The van der Waals surface area contributed by atoms with E-state index in [1.807, 2.05) is 19.1 Å². The Morgan fingerprint density at radius 3 is 2.12 bits per heavy atom. The van der Waals surface area contributed by atoms with Gasteiger partial charge in [0.05, 0.1) is 4.90 Å². The number of sulfonamides is 1. The minimum atomic E-state index is -3.50. The van der Waals surface area contributed by atoms with E-state index < -0.39 is 10.0 Å². The Morgan fingerprint density at radius 2 is 1.48 bits per heavy atom. The molecule has 2 saturated heterocycles. The Kier molecular flexibility index (Phi) is 7.83. The highest BCUT2D eigenvalue weighted by Gasteiger charge is 2.32. The molecule has 2 aromatic rings. The molecule has 0 unspecified atom stereocenters. The molecular formula is C26H35N3O3S. The SMILES string of the molecule is Cc1ccc(S(=O)(=O)N2CCC(C(=O)NCc3ccc(CN4CCCCC4)cc3)CC2)cc1. The average molecular weight is 470 g/mol. The van der Waals surface area contributed by atoms with Crippen molar-refractivity contribution in [2.24, 2.45) is 5.92 Å². The summed E-state index contributed by atoms with van der Waals surface area (Å²) in [5.41, 5.74) is 3.43. The van der Waals surface area contributed by atoms with Gasteiger partial charge in [0.2, 0.25) is 15.9 Å². The molecule has 2 fully saturated rings. The van der Waals surface area contributed by atoms with E-state index in [0.29, 0.717) is 37.4 Å². The summed E-state index contributed by atoms with van der Waals surface area (Å²) in [6.45, 7) is 6.55. The summed E-state index contributed by atoms with van der Waals surface area (Å²) in [5.74, 6) is -0.132. The molecule has 33 heavy (non-hydrogen) atoms. The number of carbonyl (C=O) groups excluding carboxylic acids is 1. The van der Waals surface area contributed by atoms with E-state index in [0.717, 1.165) is 17.7 Å². The maximum absolute atomic E-state index is 12.9. The predicted molar refractivity (Wildman–Crippen MR) is 130 cm³/mol. The Bertz CT molecular complexity index is 1020. The second kappa shape index (κ2) is 10.8. The van der Waals surface area contributed by atoms with E-state index in [4.69, 9.17) is 0 Å². The van der Waals surface area contributed by atoms with Gasteiger partial charge in [-0.1, -0.05) is 48.4 Å². The number of hydrogen-bond donors (Lipinski definition) is 1. The molecule has 0 saturated carbocycles. The number of piperidine rings is 2. The molecule has 0 bridgehead atoms. The summed E-state index contributed by atoms with van der Waals surface area (Å²) in [4.78, 5) is 15.5. The average Bonchev–Trinajstić information content (AvgIpc) is 2.84. The summed E-state index contributed by atoms with van der Waals surface area (Å²) >= 11 is 0. The second-order valence-corrected chi connectivity index (χ2v) is 11.3. The van der Waals surface area contributed by atoms with Gasteiger partial charge in [0.1, 0.15) is 0 Å². The van der Waals surface area contributed by atoms with Crippen LogP contribution in [0.1, 0.15) is 48.8 Å². The Morgan fingerprint density at radius 1 is 0.879 bits per heavy atom. The molecule has 4 rings (SSSR count). The number of amides is 1. The van der Waals surface area contributed by atoms with Crippen molar-refractivity contribution in [1.82, 2.24) is 14.5 Å². The minimum absolute atomic E-state index is 0.0137. The van der Waals surface area contributed by atoms with Crippen LogP contribution < -0.4 is 5.32 Å². The zero-order valence-electron chi connectivity index (χ0n) is 19.5. The number of aryl methyl sites for hydroxylation is 1. The van der Waals surface area contributed by atoms with Gasteiger partial charge < -0.3 is 5.32 Å². The number of nitrogens with zero attached hydrogens (tertiary/aromatic N) is 2. The van der Waals surface area contributed by atoms with Crippen LogP contribution in [0.15, 0.2) is 53.4 Å². The van der Waals surface area contributed by atoms with Crippen LogP contribution in [0.25, 0.3) is 0 Å². The zero-order chi connectivity index (χ0) is 23.3. The fraction of sp³-hybridized carbons (Fsp3) is 0.500. The topological polar surface area (TPSA) is 69.7 Å². The first-order chi connectivity index (χ1) is 15.9. The number of nitrogens with one attached hydrogen (secondary N) is 1. The standard InChI is InChI=1S/C26H35N3O3S/c1-21-5-11-25(12-6-21)33(31,32)29-17-13-24(14-18-29)26(30)27-19-22-7-9-23(10-8-22)20-28-15-3-2-4-16-28/h5-12,24H,2-4,13-20H2,1H3,(H,27,30). The van der Waals surface area contributed by atoms with E-state index >= 15 is 0 Å². The third-order valence-electron chi connectivity index (χ3n) is 6.83. The third-order valence-corrected chi connectivity index (χ3v) is 8.74. The molecule has 0 radical (unpaired) electrons. The summed E-state index contributed by atoms with van der Waals surface area (Å²) < 4.78 is 27.2. The van der Waals surface area contributed by atoms with Gasteiger partial charge in [-0.25, -0.2) is 8.42 Å². The number of benzene rings is 2. The number of hydrogen-bond acceptors (Lipinski definition) is 4. The summed E-state index contributed by atoms with van der Waals surface area (Å²) in [6.07, 6.45) is 5.02. The molecule has 7 heteroatoms. The molecule has 2 aromatic carbocycles. The molecule has 0 spiro atoms. The van der Waals surface area contributed by atoms with Crippen molar-refractivity contribution in [3.63, 3.8) is 0 Å². The summed E-state index contributed by atoms with van der Waals surface area (Å²) in [7, 11) is -3.50. The third kappa shape index (κ3) is 6.22. The van der Waals surface area contributed by atoms with Crippen LogP contribution in [0.4, 0.5) is 0 Å². The van der Waals surface area contributed by atoms with Crippen molar-refractivity contribution < 1.29 is 13.2 Å². The highest BCUT2D eigenvalue weighted by Crippen LogP contribution is 2.24. The highest BCUT2D eigenvalue weighted by atomic mass is 32.2. The van der Waals surface area contributed by atoms with Crippen LogP contribution >= 0.6 is 0 Å². The van der Waals surface area contributed by atoms with Gasteiger partial charge in [0, 0.05) is 32.1 Å². The predicted octanol–water partition coefficient (Wildman–Crippen LogP) is 3.70. The maximum Gasteiger partial charge on any atom is 0.243 e. The van der Waals surface area contributed by atoms with Gasteiger partial charge in [0.25, 0.3) is 0 Å². The zero-order valence-corrected chi connectivity index (χ0v) is 20.3. The first kappa shape index (κ1) is 23.9. The van der Waals surface area contributed by atoms with E-state index in [1.54, 1.807) is 12.1 Å². The van der Waals surface area contributed by atoms with Crippen LogP contribution in [0.5, 0.6) is 0 Å². The van der Waals surface area contributed by atoms with Crippen LogP contribution in [0.3, 0.4) is 0 Å². The molecular weight excluding hydrogens is 434 g/mol. The molecule has 2 aliphatic rings. The first-order valence-corrected chi connectivity index (χ1v) is 13.5. The first-order valence-electron chi connectivity index (χ1n) is 12.1. The minimum Gasteiger partial charge on any atom is -0.352 e. The van der Waals surface area contributed by atoms with Crippen molar-refractivity contribution in [3.8, 4) is 0 Å². The summed E-state index contributed by atoms with van der Waals surface area (Å²) in [6, 6.07) is 15.4. The summed E-state index contributed by atoms with van der Waals surface area (Å²) in [5, 5.41) is 3.04. The lowest BCUT2D eigenvalue weighted by atomic mass is 9.97. The molecule has 1 N–H and O–H groups in total. The Labute approximate surface area is 198 Å². The fourth-order valence-corrected chi connectivity index (χ4v) is 6.16. The maximum atomic E-state index is 12.9. The van der Waals surface area contributed by atoms with Crippen molar-refractivity contribution >= 4 is 15.9 Å². The molecule has 6 nitrogen and oxygen atoms in total. The lowest BCUT2D eigenvalue weighted by Crippen LogP contribution is -2.42. The molecule has 2 heterocycles. The van der Waals surface area contributed by atoms with E-state index in [1.165, 1.54) is 42.2 Å². The van der Waals surface area contributed by atoms with E-state index in [9.17, 15) is 13.2 Å². The monoisotopic (exact) mass is 469 g/mol. The fourth-order valence-electron chi connectivity index (χ4n) is 4.69. The van der Waals surface area contributed by atoms with Crippen molar-refractivity contribution in [1.29, 1.82) is 0 Å². The largest absolute Gasteiger partial charge is 0.352 e. The van der Waals surface area contributed by atoms with E-state index in [2.05, 4.69) is 34.5 Å². The van der Waals surface area contributed by atoms with Crippen molar-refractivity contribution in [3.05, 3.63) is 65.2 Å². The molecule has 2 aliphatic heterocycles. The lowest BCUT2D eigenvalue weighted by molar-refractivity contribution is -0.126. The molecule has 0 aliphatic carbocycles. The number of rotatable bonds is 7. The van der Waals surface area contributed by atoms with Gasteiger partial charge in [0.15, 0.2) is 0 Å². The normalized spacial score (nSPS) is 18.8. The smallest absolute Gasteiger partial charge is 0.243 e. The van der Waals surface area contributed by atoms with Gasteiger partial charge in [-0.3, -0.25) is 9.69 Å². The molecule has 178 valence electrons. The Balaban J connectivity index is 1.23.